The average Bonchev–Trinajstić information content (AvgIpc) is 2.67. The lowest BCUT2D eigenvalue weighted by Crippen LogP contribution is -2.30. The van der Waals surface area contributed by atoms with Crippen molar-refractivity contribution in [2.45, 2.75) is 19.1 Å². The Kier molecular flexibility index (Phi) is 3.62. The second kappa shape index (κ2) is 5.35. The van der Waals surface area contributed by atoms with Crippen LogP contribution in [-0.2, 0) is 25.7 Å². The van der Waals surface area contributed by atoms with Crippen molar-refractivity contribution in [3.8, 4) is 0 Å². The highest BCUT2D eigenvalue weighted by atomic mass is 16.6. The smallest absolute Gasteiger partial charge is 0.335 e. The lowest BCUT2D eigenvalue weighted by atomic mass is 10.2. The summed E-state index contributed by atoms with van der Waals surface area (Å²) in [6.45, 7) is 3.65. The van der Waals surface area contributed by atoms with E-state index in [2.05, 4.69) is 16.6 Å². The minimum atomic E-state index is -0.694. The number of hydrogen-bond donors (Lipinski definition) is 1. The molecule has 18 heavy (non-hydrogen) atoms. The maximum Gasteiger partial charge on any atom is 0.335 e. The Morgan fingerprint density at radius 2 is 2.11 bits per heavy atom. The van der Waals surface area contributed by atoms with E-state index >= 15 is 0 Å². The van der Waals surface area contributed by atoms with Crippen LogP contribution in [-0.4, -0.2) is 18.0 Å². The van der Waals surface area contributed by atoms with Crippen LogP contribution in [0.1, 0.15) is 12.0 Å². The molecule has 0 bridgehead atoms. The van der Waals surface area contributed by atoms with Crippen molar-refractivity contribution in [2.24, 2.45) is 0 Å². The minimum absolute atomic E-state index is 0.0648. The molecule has 1 aliphatic rings. The van der Waals surface area contributed by atoms with Crippen LogP contribution in [0.4, 0.5) is 0 Å². The van der Waals surface area contributed by atoms with Crippen molar-refractivity contribution in [3.63, 3.8) is 0 Å². The number of hydrogen-bond acceptors (Lipinski definition) is 5. The van der Waals surface area contributed by atoms with Gasteiger partial charge in [0.1, 0.15) is 12.6 Å². The quantitative estimate of drug-likeness (QED) is 0.807. The molecule has 0 unspecified atom stereocenters. The molecule has 1 saturated heterocycles. The molecular weight excluding hydrogens is 234 g/mol. The largest absolute Gasteiger partial charge is 0.461 e. The Labute approximate surface area is 104 Å². The van der Waals surface area contributed by atoms with Crippen LogP contribution in [0.15, 0.2) is 42.8 Å². The number of carbonyl (C=O) groups excluding carboxylic acids is 2. The lowest BCUT2D eigenvalue weighted by Gasteiger charge is -2.07. The molecule has 1 aromatic carbocycles. The number of benzene rings is 1. The van der Waals surface area contributed by atoms with Gasteiger partial charge in [-0.05, 0) is 12.1 Å². The van der Waals surface area contributed by atoms with Gasteiger partial charge in [0.2, 0.25) is 0 Å². The fraction of sp³-hybridized carbons (Fsp3) is 0.231. The number of ether oxygens (including phenoxy) is 2. The first-order chi connectivity index (χ1) is 8.65. The zero-order valence-corrected chi connectivity index (χ0v) is 9.72. The molecule has 2 rings (SSSR count). The molecule has 0 amide bonds. The maximum atomic E-state index is 11.5. The normalized spacial score (nSPS) is 18.1. The summed E-state index contributed by atoms with van der Waals surface area (Å²) in [4.78, 5) is 22.8. The summed E-state index contributed by atoms with van der Waals surface area (Å²) in [6.07, 6.45) is -0.0648. The van der Waals surface area contributed by atoms with E-state index in [1.165, 1.54) is 0 Å². The molecule has 0 saturated carbocycles. The molecule has 0 spiro atoms. The van der Waals surface area contributed by atoms with Gasteiger partial charge in [-0.25, -0.2) is 4.79 Å². The predicted octanol–water partition coefficient (Wildman–Crippen LogP) is 1.11. The van der Waals surface area contributed by atoms with E-state index in [9.17, 15) is 9.59 Å². The Morgan fingerprint density at radius 3 is 2.72 bits per heavy atom. The molecule has 1 N–H and O–H groups in total. The highest BCUT2D eigenvalue weighted by Gasteiger charge is 2.31. The third-order valence-electron chi connectivity index (χ3n) is 2.46. The molecule has 1 aromatic rings. The van der Waals surface area contributed by atoms with Crippen molar-refractivity contribution in [3.05, 3.63) is 48.4 Å². The van der Waals surface area contributed by atoms with E-state index in [1.54, 1.807) is 0 Å². The van der Waals surface area contributed by atoms with Gasteiger partial charge >= 0.3 is 11.9 Å². The van der Waals surface area contributed by atoms with Crippen molar-refractivity contribution in [1.82, 2.24) is 5.32 Å². The van der Waals surface area contributed by atoms with Crippen LogP contribution in [0.5, 0.6) is 0 Å². The first-order valence-corrected chi connectivity index (χ1v) is 5.52. The van der Waals surface area contributed by atoms with Gasteiger partial charge in [-0.2, -0.15) is 0 Å². The summed E-state index contributed by atoms with van der Waals surface area (Å²) < 4.78 is 9.74. The monoisotopic (exact) mass is 247 g/mol. The third-order valence-corrected chi connectivity index (χ3v) is 2.46. The molecule has 0 aromatic heterocycles. The highest BCUT2D eigenvalue weighted by molar-refractivity contribution is 5.85. The Hall–Kier alpha value is -2.30. The second-order valence-electron chi connectivity index (χ2n) is 3.89. The first kappa shape index (κ1) is 12.2. The van der Waals surface area contributed by atoms with E-state index in [-0.39, 0.29) is 18.9 Å². The van der Waals surface area contributed by atoms with Gasteiger partial charge in [0.25, 0.3) is 0 Å². The van der Waals surface area contributed by atoms with E-state index in [1.807, 2.05) is 30.3 Å². The fourth-order valence-electron chi connectivity index (χ4n) is 1.57. The van der Waals surface area contributed by atoms with Gasteiger partial charge in [0.15, 0.2) is 5.88 Å². The molecule has 94 valence electrons. The molecule has 0 radical (unpaired) electrons. The van der Waals surface area contributed by atoms with Crippen LogP contribution >= 0.6 is 0 Å². The van der Waals surface area contributed by atoms with E-state index < -0.39 is 18.0 Å². The summed E-state index contributed by atoms with van der Waals surface area (Å²) in [5.74, 6) is -0.791. The molecule has 1 fully saturated rings. The van der Waals surface area contributed by atoms with Gasteiger partial charge in [0.05, 0.1) is 6.42 Å². The maximum absolute atomic E-state index is 11.5. The fourth-order valence-corrected chi connectivity index (χ4v) is 1.57. The minimum Gasteiger partial charge on any atom is -0.461 e. The second-order valence-corrected chi connectivity index (χ2v) is 3.89. The summed E-state index contributed by atoms with van der Waals surface area (Å²) in [5.41, 5.74) is 0.900. The van der Waals surface area contributed by atoms with Gasteiger partial charge < -0.3 is 14.8 Å². The molecule has 5 heteroatoms. The number of rotatable bonds is 4. The molecule has 1 aliphatic heterocycles. The van der Waals surface area contributed by atoms with Gasteiger partial charge in [0, 0.05) is 0 Å². The number of cyclic esters (lactones) is 1. The van der Waals surface area contributed by atoms with Crippen LogP contribution in [0.2, 0.25) is 0 Å². The van der Waals surface area contributed by atoms with Gasteiger partial charge in [-0.15, -0.1) is 0 Å². The van der Waals surface area contributed by atoms with E-state index in [4.69, 9.17) is 4.74 Å². The molecule has 1 atom stereocenters. The van der Waals surface area contributed by atoms with Gasteiger partial charge in [-0.3, -0.25) is 4.79 Å². The zero-order valence-electron chi connectivity index (χ0n) is 9.72. The van der Waals surface area contributed by atoms with Crippen LogP contribution in [0, 0.1) is 0 Å². The average molecular weight is 247 g/mol. The molecule has 0 aliphatic carbocycles. The Balaban J connectivity index is 1.79. The predicted molar refractivity (Wildman–Crippen MR) is 63.0 cm³/mol. The van der Waals surface area contributed by atoms with Gasteiger partial charge in [-0.1, -0.05) is 30.3 Å². The number of carbonyl (C=O) groups is 2. The van der Waals surface area contributed by atoms with Crippen molar-refractivity contribution < 1.29 is 19.1 Å². The summed E-state index contributed by atoms with van der Waals surface area (Å²) >= 11 is 0. The SMILES string of the molecule is C=C1N[C@@H](CC(=O)OCc2ccccc2)C(=O)O1. The van der Waals surface area contributed by atoms with Crippen molar-refractivity contribution in [2.75, 3.05) is 0 Å². The third kappa shape index (κ3) is 3.10. The van der Waals surface area contributed by atoms with Crippen LogP contribution in [0.3, 0.4) is 0 Å². The van der Waals surface area contributed by atoms with Crippen molar-refractivity contribution in [1.29, 1.82) is 0 Å². The Bertz CT molecular complexity index is 469. The highest BCUT2D eigenvalue weighted by Crippen LogP contribution is 2.11. The lowest BCUT2D eigenvalue weighted by molar-refractivity contribution is -0.148. The standard InChI is InChI=1S/C13H13NO4/c1-9-14-11(13(16)18-9)7-12(15)17-8-10-5-3-2-4-6-10/h2-6,11,14H,1,7-8H2/t11-/m0/s1. The molecular formula is C13H13NO4. The summed E-state index contributed by atoms with van der Waals surface area (Å²) in [7, 11) is 0. The van der Waals surface area contributed by atoms with Crippen LogP contribution < -0.4 is 5.32 Å². The van der Waals surface area contributed by atoms with Crippen molar-refractivity contribution >= 4 is 11.9 Å². The topological polar surface area (TPSA) is 64.6 Å². The summed E-state index contributed by atoms with van der Waals surface area (Å²) in [5, 5.41) is 2.67. The molecule has 1 heterocycles. The number of nitrogens with one attached hydrogen (secondary N) is 1. The Morgan fingerprint density at radius 1 is 1.39 bits per heavy atom. The van der Waals surface area contributed by atoms with Crippen LogP contribution in [0.25, 0.3) is 0 Å². The summed E-state index contributed by atoms with van der Waals surface area (Å²) in [6, 6.07) is 8.64. The van der Waals surface area contributed by atoms with E-state index in [0.29, 0.717) is 0 Å². The molecule has 5 nitrogen and oxygen atoms in total. The first-order valence-electron chi connectivity index (χ1n) is 5.52. The zero-order chi connectivity index (χ0) is 13.0. The number of esters is 2. The van der Waals surface area contributed by atoms with E-state index in [0.717, 1.165) is 5.56 Å².